The second kappa shape index (κ2) is 5.84. The van der Waals surface area contributed by atoms with Crippen molar-refractivity contribution >= 4 is 21.6 Å². The molecule has 0 aliphatic carbocycles. The molecule has 5 nitrogen and oxygen atoms in total. The molecule has 0 amide bonds. The lowest BCUT2D eigenvalue weighted by molar-refractivity contribution is 0.573. The molecule has 98 valence electrons. The van der Waals surface area contributed by atoms with Gasteiger partial charge in [-0.2, -0.15) is 0 Å². The Bertz CT molecular complexity index is 448. The summed E-state index contributed by atoms with van der Waals surface area (Å²) in [6, 6.07) is 0. The van der Waals surface area contributed by atoms with Gasteiger partial charge in [0.1, 0.15) is 5.82 Å². The van der Waals surface area contributed by atoms with Crippen molar-refractivity contribution < 1.29 is 8.42 Å². The number of sulfonamides is 1. The van der Waals surface area contributed by atoms with E-state index in [1.807, 2.05) is 6.92 Å². The predicted molar refractivity (Wildman–Crippen MR) is 67.7 cm³/mol. The largest absolute Gasteiger partial charge is 0.337 e. The summed E-state index contributed by atoms with van der Waals surface area (Å²) >= 11 is 5.78. The van der Waals surface area contributed by atoms with E-state index in [1.54, 1.807) is 18.5 Å². The van der Waals surface area contributed by atoms with Crippen molar-refractivity contribution in [3.63, 3.8) is 0 Å². The summed E-state index contributed by atoms with van der Waals surface area (Å²) in [6.45, 7) is 4.03. The van der Waals surface area contributed by atoms with Crippen LogP contribution in [-0.2, 0) is 17.1 Å². The van der Waals surface area contributed by atoms with E-state index < -0.39 is 10.0 Å². The van der Waals surface area contributed by atoms with Gasteiger partial charge >= 0.3 is 0 Å². The van der Waals surface area contributed by atoms with Gasteiger partial charge in [0.15, 0.2) is 5.03 Å². The molecule has 1 aromatic rings. The Morgan fingerprint density at radius 2 is 2.24 bits per heavy atom. The Kier molecular flexibility index (Phi) is 4.97. The number of aryl methyl sites for hydroxylation is 2. The van der Waals surface area contributed by atoms with Crippen molar-refractivity contribution in [1.29, 1.82) is 0 Å². The van der Waals surface area contributed by atoms with Crippen molar-refractivity contribution in [2.24, 2.45) is 7.05 Å². The summed E-state index contributed by atoms with van der Waals surface area (Å²) in [5, 5.41) is 0.132. The fraction of sp³-hybridized carbons (Fsp3) is 0.700. The van der Waals surface area contributed by atoms with E-state index in [4.69, 9.17) is 11.6 Å². The molecule has 0 bridgehead atoms. The van der Waals surface area contributed by atoms with Crippen LogP contribution >= 0.6 is 11.6 Å². The van der Waals surface area contributed by atoms with Gasteiger partial charge in [0.25, 0.3) is 10.0 Å². The Balaban J connectivity index is 2.57. The minimum absolute atomic E-state index is 0.0661. The van der Waals surface area contributed by atoms with Crippen LogP contribution in [0.3, 0.4) is 0 Å². The van der Waals surface area contributed by atoms with E-state index in [0.717, 1.165) is 12.8 Å². The van der Waals surface area contributed by atoms with E-state index in [1.165, 1.54) is 6.20 Å². The highest BCUT2D eigenvalue weighted by atomic mass is 35.5. The summed E-state index contributed by atoms with van der Waals surface area (Å²) in [4.78, 5) is 3.98. The zero-order valence-corrected chi connectivity index (χ0v) is 11.8. The normalized spacial score (nSPS) is 13.9. The first kappa shape index (κ1) is 14.5. The molecule has 0 spiro atoms. The molecular weight excluding hydrogens is 262 g/mol. The fourth-order valence-electron chi connectivity index (χ4n) is 1.32. The average molecular weight is 280 g/mol. The quantitative estimate of drug-likeness (QED) is 0.633. The molecule has 1 N–H and O–H groups in total. The zero-order valence-electron chi connectivity index (χ0n) is 10.3. The third-order valence-corrected chi connectivity index (χ3v) is 3.98. The number of imidazole rings is 1. The SMILES string of the molecule is Cc1nc(S(=O)(=O)NCCCC(C)Cl)cn1C. The molecule has 7 heteroatoms. The molecule has 1 heterocycles. The number of hydrogen-bond donors (Lipinski definition) is 1. The van der Waals surface area contributed by atoms with Gasteiger partial charge in [0.2, 0.25) is 0 Å². The Morgan fingerprint density at radius 3 is 2.71 bits per heavy atom. The van der Waals surface area contributed by atoms with Crippen LogP contribution in [0, 0.1) is 6.92 Å². The van der Waals surface area contributed by atoms with Crippen LogP contribution < -0.4 is 4.72 Å². The van der Waals surface area contributed by atoms with E-state index >= 15 is 0 Å². The lowest BCUT2D eigenvalue weighted by atomic mass is 10.2. The van der Waals surface area contributed by atoms with E-state index in [0.29, 0.717) is 12.4 Å². The zero-order chi connectivity index (χ0) is 13.1. The van der Waals surface area contributed by atoms with Gasteiger partial charge in [-0.05, 0) is 26.7 Å². The predicted octanol–water partition coefficient (Wildman–Crippen LogP) is 1.41. The Morgan fingerprint density at radius 1 is 1.59 bits per heavy atom. The number of rotatable bonds is 6. The van der Waals surface area contributed by atoms with Crippen LogP contribution in [-0.4, -0.2) is 29.9 Å². The van der Waals surface area contributed by atoms with Crippen molar-refractivity contribution in [2.45, 2.75) is 37.1 Å². The van der Waals surface area contributed by atoms with Crippen LogP contribution in [0.1, 0.15) is 25.6 Å². The first-order valence-electron chi connectivity index (χ1n) is 5.46. The van der Waals surface area contributed by atoms with Crippen LogP contribution in [0.2, 0.25) is 0 Å². The molecule has 0 aliphatic heterocycles. The second-order valence-corrected chi connectivity index (χ2v) is 6.52. The molecule has 0 saturated carbocycles. The van der Waals surface area contributed by atoms with Gasteiger partial charge in [-0.3, -0.25) is 0 Å². The summed E-state index contributed by atoms with van der Waals surface area (Å²) in [7, 11) is -1.72. The van der Waals surface area contributed by atoms with Crippen LogP contribution in [0.25, 0.3) is 0 Å². The summed E-state index contributed by atoms with van der Waals surface area (Å²) in [6.07, 6.45) is 3.00. The number of nitrogens with one attached hydrogen (secondary N) is 1. The van der Waals surface area contributed by atoms with E-state index in [-0.39, 0.29) is 10.4 Å². The highest BCUT2D eigenvalue weighted by Gasteiger charge is 2.17. The molecule has 0 aromatic carbocycles. The highest BCUT2D eigenvalue weighted by Crippen LogP contribution is 2.08. The van der Waals surface area contributed by atoms with Gasteiger partial charge in [-0.25, -0.2) is 18.1 Å². The topological polar surface area (TPSA) is 64.0 Å². The maximum Gasteiger partial charge on any atom is 0.259 e. The number of alkyl halides is 1. The maximum atomic E-state index is 11.8. The van der Waals surface area contributed by atoms with Gasteiger partial charge in [-0.1, -0.05) is 0 Å². The fourth-order valence-corrected chi connectivity index (χ4v) is 2.58. The minimum atomic E-state index is -3.48. The molecular formula is C10H18ClN3O2S. The number of nitrogens with zero attached hydrogens (tertiary/aromatic N) is 2. The molecule has 0 radical (unpaired) electrons. The van der Waals surface area contributed by atoms with Crippen molar-refractivity contribution in [3.8, 4) is 0 Å². The molecule has 1 atom stereocenters. The Labute approximate surface area is 107 Å². The van der Waals surface area contributed by atoms with Crippen LogP contribution in [0.15, 0.2) is 11.2 Å². The van der Waals surface area contributed by atoms with Gasteiger partial charge in [0.05, 0.1) is 0 Å². The van der Waals surface area contributed by atoms with Crippen molar-refractivity contribution in [3.05, 3.63) is 12.0 Å². The molecule has 1 aromatic heterocycles. The van der Waals surface area contributed by atoms with Gasteiger partial charge in [-0.15, -0.1) is 11.6 Å². The number of halogens is 1. The third-order valence-electron chi connectivity index (χ3n) is 2.43. The molecule has 1 rings (SSSR count). The number of hydrogen-bond acceptors (Lipinski definition) is 3. The number of aromatic nitrogens is 2. The van der Waals surface area contributed by atoms with Crippen LogP contribution in [0.5, 0.6) is 0 Å². The van der Waals surface area contributed by atoms with E-state index in [2.05, 4.69) is 9.71 Å². The first-order valence-corrected chi connectivity index (χ1v) is 7.38. The summed E-state index contributed by atoms with van der Waals surface area (Å²) in [5.74, 6) is 0.666. The summed E-state index contributed by atoms with van der Waals surface area (Å²) < 4.78 is 27.8. The Hall–Kier alpha value is -0.590. The lowest BCUT2D eigenvalue weighted by Gasteiger charge is -2.04. The first-order chi connectivity index (χ1) is 7.83. The monoisotopic (exact) mass is 279 g/mol. The molecule has 0 aliphatic rings. The van der Waals surface area contributed by atoms with Crippen molar-refractivity contribution in [2.75, 3.05) is 6.54 Å². The maximum absolute atomic E-state index is 11.8. The second-order valence-electron chi connectivity index (χ2n) is 4.06. The highest BCUT2D eigenvalue weighted by molar-refractivity contribution is 7.89. The molecule has 0 saturated heterocycles. The molecule has 1 unspecified atom stereocenters. The smallest absolute Gasteiger partial charge is 0.259 e. The average Bonchev–Trinajstić information content (AvgIpc) is 2.55. The molecule has 0 fully saturated rings. The van der Waals surface area contributed by atoms with Gasteiger partial charge < -0.3 is 4.57 Å². The van der Waals surface area contributed by atoms with Crippen LogP contribution in [0.4, 0.5) is 0 Å². The summed E-state index contributed by atoms with van der Waals surface area (Å²) in [5.41, 5.74) is 0. The minimum Gasteiger partial charge on any atom is -0.337 e. The van der Waals surface area contributed by atoms with E-state index in [9.17, 15) is 8.42 Å². The van der Waals surface area contributed by atoms with Gasteiger partial charge in [0, 0.05) is 25.2 Å². The van der Waals surface area contributed by atoms with Crippen molar-refractivity contribution in [1.82, 2.24) is 14.3 Å². The third kappa shape index (κ3) is 4.29. The standard InChI is InChI=1S/C10H18ClN3O2S/c1-8(11)5-4-6-12-17(15,16)10-7-14(3)9(2)13-10/h7-8,12H,4-6H2,1-3H3. The molecule has 17 heavy (non-hydrogen) atoms. The lowest BCUT2D eigenvalue weighted by Crippen LogP contribution is -2.25.